The molecular weight excluding hydrogens is 389 g/mol. The second-order valence-corrected chi connectivity index (χ2v) is 9.59. The fourth-order valence-corrected chi connectivity index (χ4v) is 5.26. The molecule has 0 aliphatic carbocycles. The molecule has 0 spiro atoms. The first-order valence-electron chi connectivity index (χ1n) is 10.1. The SMILES string of the molecule is Cc1nc(C(=O)N2C[C@H]3CN(C(=O)CC(C)C)[C@H](c4cccc(F)c4)[C@H]3C2)cs1. The van der Waals surface area contributed by atoms with Crippen LogP contribution in [0.15, 0.2) is 29.6 Å². The van der Waals surface area contributed by atoms with Gasteiger partial charge < -0.3 is 9.80 Å². The number of fused-ring (bicyclic) bond motifs is 1. The lowest BCUT2D eigenvalue weighted by Gasteiger charge is -2.30. The minimum absolute atomic E-state index is 0.0539. The molecule has 0 N–H and O–H groups in total. The van der Waals surface area contributed by atoms with Crippen LogP contribution < -0.4 is 0 Å². The highest BCUT2D eigenvalue weighted by atomic mass is 32.1. The van der Waals surface area contributed by atoms with Crippen LogP contribution >= 0.6 is 11.3 Å². The molecule has 4 rings (SSSR count). The molecule has 3 heterocycles. The number of hydrogen-bond acceptors (Lipinski definition) is 4. The Balaban J connectivity index is 1.60. The Morgan fingerprint density at radius 2 is 2.07 bits per heavy atom. The normalized spacial score (nSPS) is 23.7. The maximum atomic E-state index is 14.0. The summed E-state index contributed by atoms with van der Waals surface area (Å²) in [5.74, 6) is 0.325. The van der Waals surface area contributed by atoms with E-state index in [0.29, 0.717) is 31.7 Å². The van der Waals surface area contributed by atoms with Crippen molar-refractivity contribution in [2.75, 3.05) is 19.6 Å². The molecular formula is C22H26FN3O2S. The van der Waals surface area contributed by atoms with E-state index in [1.54, 1.807) is 11.4 Å². The predicted octanol–water partition coefficient (Wildman–Crippen LogP) is 3.91. The number of hydrogen-bond donors (Lipinski definition) is 0. The third-order valence-corrected chi connectivity index (χ3v) is 6.66. The van der Waals surface area contributed by atoms with Crippen molar-refractivity contribution in [1.82, 2.24) is 14.8 Å². The van der Waals surface area contributed by atoms with E-state index in [1.807, 2.05) is 36.6 Å². The second-order valence-electron chi connectivity index (χ2n) is 8.53. The van der Waals surface area contributed by atoms with Crippen LogP contribution in [0.5, 0.6) is 0 Å². The molecule has 0 unspecified atom stereocenters. The molecule has 2 aliphatic heterocycles. The van der Waals surface area contributed by atoms with Crippen LogP contribution in [0.2, 0.25) is 0 Å². The maximum absolute atomic E-state index is 14.0. The van der Waals surface area contributed by atoms with E-state index in [2.05, 4.69) is 4.98 Å². The first-order valence-corrected chi connectivity index (χ1v) is 11.0. The monoisotopic (exact) mass is 415 g/mol. The fraction of sp³-hybridized carbons (Fsp3) is 0.500. The van der Waals surface area contributed by atoms with Gasteiger partial charge in [-0.1, -0.05) is 26.0 Å². The van der Waals surface area contributed by atoms with Crippen molar-refractivity contribution in [1.29, 1.82) is 0 Å². The number of thiazole rings is 1. The lowest BCUT2D eigenvalue weighted by molar-refractivity contribution is -0.133. The maximum Gasteiger partial charge on any atom is 0.273 e. The van der Waals surface area contributed by atoms with Gasteiger partial charge in [-0.25, -0.2) is 9.37 Å². The molecule has 1 aromatic heterocycles. The Bertz CT molecular complexity index is 928. The summed E-state index contributed by atoms with van der Waals surface area (Å²) in [6.45, 7) is 7.73. The molecule has 5 nitrogen and oxygen atoms in total. The van der Waals surface area contributed by atoms with E-state index >= 15 is 0 Å². The first kappa shape index (κ1) is 20.0. The number of carbonyl (C=O) groups is 2. The van der Waals surface area contributed by atoms with E-state index in [1.165, 1.54) is 23.5 Å². The smallest absolute Gasteiger partial charge is 0.273 e. The van der Waals surface area contributed by atoms with Crippen molar-refractivity contribution in [3.8, 4) is 0 Å². The molecule has 0 saturated carbocycles. The second kappa shape index (κ2) is 7.86. The van der Waals surface area contributed by atoms with Crippen LogP contribution in [-0.4, -0.2) is 46.2 Å². The summed E-state index contributed by atoms with van der Waals surface area (Å²) in [7, 11) is 0. The summed E-state index contributed by atoms with van der Waals surface area (Å²) in [5, 5.41) is 2.67. The average Bonchev–Trinajstić information content (AvgIpc) is 3.34. The number of aromatic nitrogens is 1. The van der Waals surface area contributed by atoms with Gasteiger partial charge in [0, 0.05) is 43.3 Å². The summed E-state index contributed by atoms with van der Waals surface area (Å²) in [5.41, 5.74) is 1.30. The van der Waals surface area contributed by atoms with Crippen LogP contribution in [0.4, 0.5) is 4.39 Å². The minimum atomic E-state index is -0.300. The van der Waals surface area contributed by atoms with Crippen LogP contribution in [0, 0.1) is 30.5 Å². The lowest BCUT2D eigenvalue weighted by atomic mass is 9.89. The highest BCUT2D eigenvalue weighted by Gasteiger charge is 2.50. The van der Waals surface area contributed by atoms with Crippen molar-refractivity contribution in [2.24, 2.45) is 17.8 Å². The number of carbonyl (C=O) groups excluding carboxylic acids is 2. The zero-order chi connectivity index (χ0) is 20.7. The van der Waals surface area contributed by atoms with E-state index in [9.17, 15) is 14.0 Å². The number of amides is 2. The van der Waals surface area contributed by atoms with E-state index in [-0.39, 0.29) is 41.4 Å². The standard InChI is InChI=1S/C22H26FN3O2S/c1-13(2)7-20(27)26-10-16-9-25(22(28)19-12-29-14(3)24-19)11-18(16)21(26)15-5-4-6-17(23)8-15/h4-6,8,12-13,16,18,21H,7,9-11H2,1-3H3/t16-,18-,21+/m0/s1. The van der Waals surface area contributed by atoms with Gasteiger partial charge in [-0.3, -0.25) is 9.59 Å². The van der Waals surface area contributed by atoms with Gasteiger partial charge in [0.2, 0.25) is 5.91 Å². The summed E-state index contributed by atoms with van der Waals surface area (Å²) >= 11 is 1.47. The van der Waals surface area contributed by atoms with Gasteiger partial charge in [0.25, 0.3) is 5.91 Å². The molecule has 0 radical (unpaired) electrons. The Kier molecular flexibility index (Phi) is 5.42. The number of rotatable bonds is 4. The Hall–Kier alpha value is -2.28. The average molecular weight is 416 g/mol. The quantitative estimate of drug-likeness (QED) is 0.761. The highest BCUT2D eigenvalue weighted by Crippen LogP contribution is 2.45. The molecule has 1 aromatic carbocycles. The minimum Gasteiger partial charge on any atom is -0.337 e. The summed E-state index contributed by atoms with van der Waals surface area (Å²) in [6.07, 6.45) is 0.478. The molecule has 2 aliphatic rings. The first-order chi connectivity index (χ1) is 13.8. The Morgan fingerprint density at radius 1 is 1.28 bits per heavy atom. The zero-order valence-electron chi connectivity index (χ0n) is 17.0. The molecule has 29 heavy (non-hydrogen) atoms. The fourth-order valence-electron chi connectivity index (χ4n) is 4.68. The van der Waals surface area contributed by atoms with Gasteiger partial charge in [-0.2, -0.15) is 0 Å². The van der Waals surface area contributed by atoms with Crippen molar-refractivity contribution < 1.29 is 14.0 Å². The third kappa shape index (κ3) is 3.92. The molecule has 2 fully saturated rings. The Labute approximate surface area is 174 Å². The number of benzene rings is 1. The number of nitrogens with zero attached hydrogens (tertiary/aromatic N) is 3. The van der Waals surface area contributed by atoms with Crippen LogP contribution in [-0.2, 0) is 4.79 Å². The van der Waals surface area contributed by atoms with Crippen molar-refractivity contribution >= 4 is 23.2 Å². The van der Waals surface area contributed by atoms with Gasteiger partial charge in [0.1, 0.15) is 11.5 Å². The lowest BCUT2D eigenvalue weighted by Crippen LogP contribution is -2.38. The Morgan fingerprint density at radius 3 is 2.72 bits per heavy atom. The molecule has 0 bridgehead atoms. The van der Waals surface area contributed by atoms with Crippen LogP contribution in [0.25, 0.3) is 0 Å². The number of halogens is 1. The van der Waals surface area contributed by atoms with Gasteiger partial charge in [0.15, 0.2) is 0 Å². The number of likely N-dealkylation sites (tertiary alicyclic amines) is 2. The van der Waals surface area contributed by atoms with Crippen LogP contribution in [0.1, 0.15) is 47.4 Å². The molecule has 2 aromatic rings. The molecule has 2 amide bonds. The molecule has 3 atom stereocenters. The van der Waals surface area contributed by atoms with E-state index < -0.39 is 0 Å². The van der Waals surface area contributed by atoms with Gasteiger partial charge in [0.05, 0.1) is 11.0 Å². The summed E-state index contributed by atoms with van der Waals surface area (Å²) in [6, 6.07) is 6.33. The van der Waals surface area contributed by atoms with E-state index in [4.69, 9.17) is 0 Å². The van der Waals surface area contributed by atoms with E-state index in [0.717, 1.165) is 10.6 Å². The highest BCUT2D eigenvalue weighted by molar-refractivity contribution is 7.09. The molecule has 7 heteroatoms. The van der Waals surface area contributed by atoms with Crippen LogP contribution in [0.3, 0.4) is 0 Å². The van der Waals surface area contributed by atoms with Gasteiger partial charge >= 0.3 is 0 Å². The van der Waals surface area contributed by atoms with Crippen molar-refractivity contribution in [2.45, 2.75) is 33.2 Å². The number of aryl methyl sites for hydroxylation is 1. The van der Waals surface area contributed by atoms with Gasteiger partial charge in [-0.05, 0) is 30.5 Å². The molecule has 154 valence electrons. The predicted molar refractivity (Wildman–Crippen MR) is 110 cm³/mol. The van der Waals surface area contributed by atoms with Crippen molar-refractivity contribution in [3.05, 3.63) is 51.7 Å². The topological polar surface area (TPSA) is 53.5 Å². The largest absolute Gasteiger partial charge is 0.337 e. The summed E-state index contributed by atoms with van der Waals surface area (Å²) < 4.78 is 14.0. The van der Waals surface area contributed by atoms with Gasteiger partial charge in [-0.15, -0.1) is 11.3 Å². The van der Waals surface area contributed by atoms with Crippen molar-refractivity contribution in [3.63, 3.8) is 0 Å². The molecule has 2 saturated heterocycles. The third-order valence-electron chi connectivity index (χ3n) is 5.88. The summed E-state index contributed by atoms with van der Waals surface area (Å²) in [4.78, 5) is 33.9. The zero-order valence-corrected chi connectivity index (χ0v) is 17.8.